The van der Waals surface area contributed by atoms with Crippen LogP contribution in [0.5, 0.6) is 0 Å². The first-order valence-corrected chi connectivity index (χ1v) is 4.71. The average molecular weight is 231 g/mol. The first-order chi connectivity index (χ1) is 7.63. The second-order valence-electron chi connectivity index (χ2n) is 3.47. The van der Waals surface area contributed by atoms with Gasteiger partial charge in [0, 0.05) is 6.42 Å². The first kappa shape index (κ1) is 11.0. The fraction of sp³-hybridized carbons (Fsp3) is 0.625. The summed E-state index contributed by atoms with van der Waals surface area (Å²) in [5, 5.41) is 19.4. The van der Waals surface area contributed by atoms with Crippen molar-refractivity contribution in [3.05, 3.63) is 22.5 Å². The second kappa shape index (κ2) is 4.14. The Morgan fingerprint density at radius 1 is 1.81 bits per heavy atom. The zero-order valence-corrected chi connectivity index (χ0v) is 8.19. The van der Waals surface area contributed by atoms with Crippen LogP contribution in [0.2, 0.25) is 0 Å². The molecule has 1 saturated heterocycles. The number of nitro groups is 1. The molecule has 16 heavy (non-hydrogen) atoms. The summed E-state index contributed by atoms with van der Waals surface area (Å²) < 4.78 is 19.7. The topological polar surface area (TPSA) is 90.4 Å². The molecule has 1 fully saturated rings. The molecule has 8 heteroatoms. The van der Waals surface area contributed by atoms with Crippen molar-refractivity contribution >= 4 is 5.95 Å². The average Bonchev–Trinajstić information content (AvgIpc) is 2.82. The van der Waals surface area contributed by atoms with E-state index in [4.69, 9.17) is 9.84 Å². The Hall–Kier alpha value is -1.54. The van der Waals surface area contributed by atoms with E-state index in [-0.39, 0.29) is 13.0 Å². The minimum absolute atomic E-state index is 0.0243. The van der Waals surface area contributed by atoms with E-state index in [0.717, 1.165) is 4.57 Å². The van der Waals surface area contributed by atoms with Crippen molar-refractivity contribution in [3.8, 4) is 0 Å². The molecular weight excluding hydrogens is 221 g/mol. The van der Waals surface area contributed by atoms with E-state index < -0.39 is 29.4 Å². The molecule has 0 aliphatic carbocycles. The van der Waals surface area contributed by atoms with Gasteiger partial charge in [-0.2, -0.15) is 4.57 Å². The summed E-state index contributed by atoms with van der Waals surface area (Å²) in [5.41, 5.74) is 0. The predicted octanol–water partition coefficient (Wildman–Crippen LogP) is 0.409. The van der Waals surface area contributed by atoms with E-state index in [0.29, 0.717) is 0 Å². The number of hydrogen-bond donors (Lipinski definition) is 1. The molecule has 88 valence electrons. The van der Waals surface area contributed by atoms with E-state index in [1.54, 1.807) is 0 Å². The Morgan fingerprint density at radius 2 is 2.56 bits per heavy atom. The number of imidazole rings is 1. The number of hydrogen-bond acceptors (Lipinski definition) is 5. The van der Waals surface area contributed by atoms with Gasteiger partial charge in [0.15, 0.2) is 6.17 Å². The third-order valence-electron chi connectivity index (χ3n) is 2.42. The molecule has 0 saturated carbocycles. The van der Waals surface area contributed by atoms with E-state index in [1.807, 2.05) is 0 Å². The van der Waals surface area contributed by atoms with Crippen LogP contribution in [0.1, 0.15) is 12.6 Å². The maximum absolute atomic E-state index is 13.5. The minimum Gasteiger partial charge on any atom is -0.394 e. The summed E-state index contributed by atoms with van der Waals surface area (Å²) in [5.74, 6) is -0.466. The third-order valence-corrected chi connectivity index (χ3v) is 2.42. The number of aliphatic hydroxyl groups excluding tert-OH is 1. The summed E-state index contributed by atoms with van der Waals surface area (Å²) in [4.78, 5) is 13.4. The van der Waals surface area contributed by atoms with Gasteiger partial charge >= 0.3 is 5.95 Å². The molecule has 1 aliphatic heterocycles. The van der Waals surface area contributed by atoms with Crippen LogP contribution in [0.4, 0.5) is 10.3 Å². The molecule has 0 radical (unpaired) electrons. The van der Waals surface area contributed by atoms with Gasteiger partial charge in [-0.3, -0.25) is 0 Å². The van der Waals surface area contributed by atoms with Crippen LogP contribution in [-0.2, 0) is 4.74 Å². The van der Waals surface area contributed by atoms with Crippen molar-refractivity contribution in [1.82, 2.24) is 9.55 Å². The number of nitrogens with zero attached hydrogens (tertiary/aromatic N) is 3. The van der Waals surface area contributed by atoms with Crippen LogP contribution < -0.4 is 0 Å². The van der Waals surface area contributed by atoms with Crippen molar-refractivity contribution in [1.29, 1.82) is 0 Å². The lowest BCUT2D eigenvalue weighted by molar-refractivity contribution is -0.398. The first-order valence-electron chi connectivity index (χ1n) is 4.71. The van der Waals surface area contributed by atoms with Crippen LogP contribution in [0.3, 0.4) is 0 Å². The fourth-order valence-electron chi connectivity index (χ4n) is 1.71. The van der Waals surface area contributed by atoms with Crippen molar-refractivity contribution in [2.45, 2.75) is 24.9 Å². The molecule has 0 aromatic carbocycles. The largest absolute Gasteiger partial charge is 0.436 e. The highest BCUT2D eigenvalue weighted by Crippen LogP contribution is 2.33. The van der Waals surface area contributed by atoms with Gasteiger partial charge in [0.2, 0.25) is 6.23 Å². The predicted molar refractivity (Wildman–Crippen MR) is 49.4 cm³/mol. The van der Waals surface area contributed by atoms with Crippen molar-refractivity contribution in [2.75, 3.05) is 6.61 Å². The van der Waals surface area contributed by atoms with Gasteiger partial charge in [0.25, 0.3) is 0 Å². The number of aromatic nitrogens is 2. The van der Waals surface area contributed by atoms with Gasteiger partial charge in [-0.05, 0) is 4.92 Å². The second-order valence-corrected chi connectivity index (χ2v) is 3.47. The monoisotopic (exact) mass is 231 g/mol. The Kier molecular flexibility index (Phi) is 2.84. The highest BCUT2D eigenvalue weighted by molar-refractivity contribution is 5.09. The minimum atomic E-state index is -1.38. The maximum Gasteiger partial charge on any atom is 0.436 e. The SMILES string of the molecule is O=[N+]([O-])c1nccn1C1O[C@H](CO)C[C@H]1F. The molecule has 1 aliphatic rings. The Balaban J connectivity index is 2.24. The van der Waals surface area contributed by atoms with Gasteiger partial charge in [0.1, 0.15) is 12.4 Å². The molecule has 1 aromatic heterocycles. The highest BCUT2D eigenvalue weighted by atomic mass is 19.1. The lowest BCUT2D eigenvalue weighted by Crippen LogP contribution is -2.18. The van der Waals surface area contributed by atoms with E-state index >= 15 is 0 Å². The van der Waals surface area contributed by atoms with E-state index in [1.165, 1.54) is 12.4 Å². The summed E-state index contributed by atoms with van der Waals surface area (Å²) in [6.07, 6.45) is -0.571. The molecule has 1 unspecified atom stereocenters. The number of aliphatic hydroxyl groups is 1. The molecule has 0 spiro atoms. The molecule has 0 bridgehead atoms. The summed E-state index contributed by atoms with van der Waals surface area (Å²) >= 11 is 0. The summed E-state index contributed by atoms with van der Waals surface area (Å²) in [6, 6.07) is 0. The maximum atomic E-state index is 13.5. The molecule has 0 amide bonds. The zero-order valence-electron chi connectivity index (χ0n) is 8.19. The lowest BCUT2D eigenvalue weighted by Gasteiger charge is -2.12. The molecule has 7 nitrogen and oxygen atoms in total. The van der Waals surface area contributed by atoms with Crippen molar-refractivity contribution in [3.63, 3.8) is 0 Å². The molecule has 1 N–H and O–H groups in total. The van der Waals surface area contributed by atoms with Crippen LogP contribution >= 0.6 is 0 Å². The third kappa shape index (κ3) is 1.76. The fourth-order valence-corrected chi connectivity index (χ4v) is 1.71. The molecule has 2 heterocycles. The van der Waals surface area contributed by atoms with Gasteiger partial charge in [0.05, 0.1) is 12.7 Å². The normalized spacial score (nSPS) is 29.5. The standard InChI is InChI=1S/C8H10FN3O4/c9-6-3-5(4-13)16-7(6)11-2-1-10-8(11)12(14)15/h1-2,5-7,13H,3-4H2/t5-,6+,7?/m0/s1. The van der Waals surface area contributed by atoms with Gasteiger partial charge in [-0.1, -0.05) is 4.98 Å². The molecule has 3 atom stereocenters. The number of ether oxygens (including phenoxy) is 1. The van der Waals surface area contributed by atoms with Crippen LogP contribution in [0.15, 0.2) is 12.4 Å². The van der Waals surface area contributed by atoms with Gasteiger partial charge in [-0.25, -0.2) is 4.39 Å². The highest BCUT2D eigenvalue weighted by Gasteiger charge is 2.40. The van der Waals surface area contributed by atoms with Gasteiger partial charge in [-0.15, -0.1) is 0 Å². The van der Waals surface area contributed by atoms with Crippen molar-refractivity contribution < 1.29 is 19.2 Å². The van der Waals surface area contributed by atoms with E-state index in [2.05, 4.69) is 4.98 Å². The number of alkyl halides is 1. The number of halogens is 1. The quantitative estimate of drug-likeness (QED) is 0.601. The smallest absolute Gasteiger partial charge is 0.394 e. The molecule has 2 rings (SSSR count). The zero-order chi connectivity index (χ0) is 11.7. The van der Waals surface area contributed by atoms with Crippen LogP contribution in [-0.4, -0.2) is 38.5 Å². The Morgan fingerprint density at radius 3 is 3.12 bits per heavy atom. The van der Waals surface area contributed by atoms with Crippen LogP contribution in [0, 0.1) is 10.1 Å². The Bertz CT molecular complexity index is 396. The number of rotatable bonds is 3. The Labute approximate surface area is 89.6 Å². The summed E-state index contributed by atoms with van der Waals surface area (Å²) in [7, 11) is 0. The molecular formula is C8H10FN3O4. The van der Waals surface area contributed by atoms with Gasteiger partial charge < -0.3 is 20.0 Å². The molecule has 1 aromatic rings. The summed E-state index contributed by atoms with van der Waals surface area (Å²) in [6.45, 7) is -0.306. The van der Waals surface area contributed by atoms with E-state index in [9.17, 15) is 14.5 Å². The lowest BCUT2D eigenvalue weighted by atomic mass is 10.2. The van der Waals surface area contributed by atoms with Crippen molar-refractivity contribution in [2.24, 2.45) is 0 Å². The van der Waals surface area contributed by atoms with Crippen LogP contribution in [0.25, 0.3) is 0 Å².